The first kappa shape index (κ1) is 21.2. The topological polar surface area (TPSA) is 64.4 Å². The van der Waals surface area contributed by atoms with Crippen LogP contribution in [0.4, 0.5) is 0 Å². The van der Waals surface area contributed by atoms with Crippen LogP contribution in [0.3, 0.4) is 0 Å². The van der Waals surface area contributed by atoms with Crippen LogP contribution in [0.1, 0.15) is 24.0 Å². The van der Waals surface area contributed by atoms with Gasteiger partial charge in [0.2, 0.25) is 5.91 Å². The Kier molecular flexibility index (Phi) is 10.6. The fourth-order valence-electron chi connectivity index (χ4n) is 2.40. The van der Waals surface area contributed by atoms with Gasteiger partial charge in [0, 0.05) is 13.2 Å². The van der Waals surface area contributed by atoms with Crippen molar-refractivity contribution >= 4 is 18.3 Å². The average Bonchev–Trinajstić information content (AvgIpc) is 2.62. The molecular weight excluding hydrogens is 336 g/mol. The highest BCUT2D eigenvalue weighted by molar-refractivity contribution is 5.85. The molecule has 0 aliphatic carbocycles. The summed E-state index contributed by atoms with van der Waals surface area (Å²) in [6, 6.07) is 19.4. The summed E-state index contributed by atoms with van der Waals surface area (Å²) in [5, 5.41) is 2.89. The molecule has 0 saturated carbocycles. The molecule has 2 aromatic carbocycles. The van der Waals surface area contributed by atoms with E-state index in [0.717, 1.165) is 18.4 Å². The Hall–Kier alpha value is -1.88. The number of halogens is 1. The zero-order chi connectivity index (χ0) is 17.0. The molecule has 2 aromatic rings. The molecule has 0 saturated heterocycles. The van der Waals surface area contributed by atoms with Gasteiger partial charge < -0.3 is 15.8 Å². The molecule has 0 aliphatic rings. The van der Waals surface area contributed by atoms with Gasteiger partial charge in [0.05, 0.1) is 12.6 Å². The lowest BCUT2D eigenvalue weighted by Crippen LogP contribution is -2.42. The molecule has 4 nitrogen and oxygen atoms in total. The molecule has 0 bridgehead atoms. The molecular formula is C20H27ClN2O2. The first-order valence-electron chi connectivity index (χ1n) is 8.44. The van der Waals surface area contributed by atoms with Gasteiger partial charge in [-0.1, -0.05) is 60.7 Å². The van der Waals surface area contributed by atoms with E-state index in [1.807, 2.05) is 60.7 Å². The van der Waals surface area contributed by atoms with Crippen LogP contribution in [-0.2, 0) is 22.6 Å². The Labute approximate surface area is 156 Å². The molecule has 0 heterocycles. The third-order valence-corrected chi connectivity index (χ3v) is 3.76. The van der Waals surface area contributed by atoms with E-state index < -0.39 is 6.04 Å². The molecule has 0 radical (unpaired) electrons. The van der Waals surface area contributed by atoms with E-state index in [4.69, 9.17) is 10.5 Å². The molecule has 2 rings (SSSR count). The van der Waals surface area contributed by atoms with Crippen molar-refractivity contribution in [3.05, 3.63) is 71.8 Å². The minimum atomic E-state index is -0.498. The van der Waals surface area contributed by atoms with Crippen molar-refractivity contribution in [1.82, 2.24) is 5.32 Å². The van der Waals surface area contributed by atoms with Crippen LogP contribution in [0, 0.1) is 0 Å². The standard InChI is InChI=1S/C20H26N2O2.ClH/c21-19(15-17-9-3-1-4-10-17)20(23)22-13-7-8-14-24-16-18-11-5-2-6-12-18;/h1-6,9-12,19H,7-8,13-16,21H2,(H,22,23);1H/t19-;/m0./s1. The van der Waals surface area contributed by atoms with Crippen molar-refractivity contribution in [2.24, 2.45) is 5.73 Å². The maximum absolute atomic E-state index is 12.0. The van der Waals surface area contributed by atoms with Crippen molar-refractivity contribution in [2.45, 2.75) is 31.9 Å². The number of nitrogens with one attached hydrogen (secondary N) is 1. The zero-order valence-electron chi connectivity index (χ0n) is 14.4. The Balaban J connectivity index is 0.00000312. The van der Waals surface area contributed by atoms with Crippen LogP contribution in [-0.4, -0.2) is 25.1 Å². The van der Waals surface area contributed by atoms with Crippen LogP contribution in [0.15, 0.2) is 60.7 Å². The molecule has 5 heteroatoms. The maximum atomic E-state index is 12.0. The summed E-state index contributed by atoms with van der Waals surface area (Å²) in [4.78, 5) is 12.0. The van der Waals surface area contributed by atoms with Gasteiger partial charge >= 0.3 is 0 Å². The highest BCUT2D eigenvalue weighted by Gasteiger charge is 2.12. The number of carbonyl (C=O) groups is 1. The molecule has 136 valence electrons. The Morgan fingerprint density at radius 2 is 1.56 bits per heavy atom. The molecule has 0 unspecified atom stereocenters. The molecule has 0 spiro atoms. The van der Waals surface area contributed by atoms with Gasteiger partial charge in [0.15, 0.2) is 0 Å². The lowest BCUT2D eigenvalue weighted by Gasteiger charge is -2.12. The fraction of sp³-hybridized carbons (Fsp3) is 0.350. The average molecular weight is 363 g/mol. The third kappa shape index (κ3) is 8.68. The van der Waals surface area contributed by atoms with E-state index in [-0.39, 0.29) is 18.3 Å². The summed E-state index contributed by atoms with van der Waals surface area (Å²) >= 11 is 0. The highest BCUT2D eigenvalue weighted by atomic mass is 35.5. The second kappa shape index (κ2) is 12.5. The number of nitrogens with two attached hydrogens (primary N) is 1. The molecule has 1 atom stereocenters. The van der Waals surface area contributed by atoms with Gasteiger partial charge in [0.1, 0.15) is 0 Å². The van der Waals surface area contributed by atoms with Gasteiger partial charge in [-0.05, 0) is 30.4 Å². The van der Waals surface area contributed by atoms with Crippen LogP contribution in [0.25, 0.3) is 0 Å². The predicted octanol–water partition coefficient (Wildman–Crippen LogP) is 3.09. The number of amides is 1. The van der Waals surface area contributed by atoms with Crippen molar-refractivity contribution in [3.63, 3.8) is 0 Å². The number of hydrogen-bond acceptors (Lipinski definition) is 3. The Bertz CT molecular complexity index is 593. The smallest absolute Gasteiger partial charge is 0.237 e. The number of hydrogen-bond donors (Lipinski definition) is 2. The van der Waals surface area contributed by atoms with E-state index in [9.17, 15) is 4.79 Å². The molecule has 0 aliphatic heterocycles. The van der Waals surface area contributed by atoms with Gasteiger partial charge in [-0.15, -0.1) is 12.4 Å². The van der Waals surface area contributed by atoms with Crippen LogP contribution >= 0.6 is 12.4 Å². The quantitative estimate of drug-likeness (QED) is 0.638. The van der Waals surface area contributed by atoms with Crippen molar-refractivity contribution in [1.29, 1.82) is 0 Å². The van der Waals surface area contributed by atoms with Crippen molar-refractivity contribution < 1.29 is 9.53 Å². The van der Waals surface area contributed by atoms with E-state index in [1.165, 1.54) is 5.56 Å². The Morgan fingerprint density at radius 1 is 0.960 bits per heavy atom. The van der Waals surface area contributed by atoms with Crippen molar-refractivity contribution in [3.8, 4) is 0 Å². The number of unbranched alkanes of at least 4 members (excludes halogenated alkanes) is 1. The first-order valence-corrected chi connectivity index (χ1v) is 8.44. The van der Waals surface area contributed by atoms with E-state index in [2.05, 4.69) is 5.32 Å². The van der Waals surface area contributed by atoms with E-state index >= 15 is 0 Å². The van der Waals surface area contributed by atoms with Crippen molar-refractivity contribution in [2.75, 3.05) is 13.2 Å². The Morgan fingerprint density at radius 3 is 2.20 bits per heavy atom. The normalized spacial score (nSPS) is 11.4. The lowest BCUT2D eigenvalue weighted by molar-refractivity contribution is -0.122. The van der Waals surface area contributed by atoms with Crippen LogP contribution < -0.4 is 11.1 Å². The monoisotopic (exact) mass is 362 g/mol. The summed E-state index contributed by atoms with van der Waals surface area (Å²) in [6.45, 7) is 1.96. The van der Waals surface area contributed by atoms with Gasteiger partial charge in [-0.3, -0.25) is 4.79 Å². The summed E-state index contributed by atoms with van der Waals surface area (Å²) in [7, 11) is 0. The predicted molar refractivity (Wildman–Crippen MR) is 104 cm³/mol. The summed E-state index contributed by atoms with van der Waals surface area (Å²) < 4.78 is 5.62. The number of carbonyl (C=O) groups excluding carboxylic acids is 1. The molecule has 1 amide bonds. The largest absolute Gasteiger partial charge is 0.377 e. The molecule has 3 N–H and O–H groups in total. The minimum absolute atomic E-state index is 0. The summed E-state index contributed by atoms with van der Waals surface area (Å²) in [5.41, 5.74) is 8.20. The van der Waals surface area contributed by atoms with E-state index in [1.54, 1.807) is 0 Å². The number of benzene rings is 2. The van der Waals surface area contributed by atoms with Crippen LogP contribution in [0.2, 0.25) is 0 Å². The summed E-state index contributed by atoms with van der Waals surface area (Å²) in [6.07, 6.45) is 2.37. The molecule has 0 fully saturated rings. The second-order valence-electron chi connectivity index (χ2n) is 5.83. The number of ether oxygens (including phenoxy) is 1. The van der Waals surface area contributed by atoms with Gasteiger partial charge in [0.25, 0.3) is 0 Å². The van der Waals surface area contributed by atoms with Gasteiger partial charge in [-0.2, -0.15) is 0 Å². The number of rotatable bonds is 10. The maximum Gasteiger partial charge on any atom is 0.237 e. The first-order chi connectivity index (χ1) is 11.8. The SMILES string of the molecule is Cl.N[C@@H](Cc1ccccc1)C(=O)NCCCCOCc1ccccc1. The van der Waals surface area contributed by atoms with Gasteiger partial charge in [-0.25, -0.2) is 0 Å². The third-order valence-electron chi connectivity index (χ3n) is 3.76. The fourth-order valence-corrected chi connectivity index (χ4v) is 2.40. The zero-order valence-corrected chi connectivity index (χ0v) is 15.2. The van der Waals surface area contributed by atoms with E-state index in [0.29, 0.717) is 26.2 Å². The summed E-state index contributed by atoms with van der Waals surface area (Å²) in [5.74, 6) is -0.0935. The van der Waals surface area contributed by atoms with Crippen LogP contribution in [0.5, 0.6) is 0 Å². The molecule has 0 aromatic heterocycles. The second-order valence-corrected chi connectivity index (χ2v) is 5.83. The minimum Gasteiger partial charge on any atom is -0.377 e. The highest BCUT2D eigenvalue weighted by Crippen LogP contribution is 2.03. The molecule has 25 heavy (non-hydrogen) atoms. The lowest BCUT2D eigenvalue weighted by atomic mass is 10.1.